The third-order valence-corrected chi connectivity index (χ3v) is 5.83. The second-order valence-electron chi connectivity index (χ2n) is 7.91. The molecule has 1 fully saturated rings. The van der Waals surface area contributed by atoms with E-state index in [1.165, 1.54) is 30.2 Å². The monoisotopic (exact) mass is 535 g/mol. The van der Waals surface area contributed by atoms with Crippen LogP contribution in [0.4, 0.5) is 10.1 Å². The second-order valence-corrected chi connectivity index (χ2v) is 7.91. The summed E-state index contributed by atoms with van der Waals surface area (Å²) in [4.78, 5) is 10.0. The first-order valence-electron chi connectivity index (χ1n) is 10.7. The first-order chi connectivity index (χ1) is 14.6. The summed E-state index contributed by atoms with van der Waals surface area (Å²) < 4.78 is 13.6. The van der Waals surface area contributed by atoms with Crippen molar-refractivity contribution in [1.82, 2.24) is 15.6 Å². The van der Waals surface area contributed by atoms with Crippen LogP contribution < -0.4 is 15.5 Å². The topological polar surface area (TPSA) is 55.5 Å². The molecular formula is C24H31FIN5. The maximum Gasteiger partial charge on any atom is 0.191 e. The Morgan fingerprint density at radius 3 is 2.77 bits per heavy atom. The van der Waals surface area contributed by atoms with Crippen LogP contribution >= 0.6 is 24.0 Å². The Bertz CT molecular complexity index is 1030. The van der Waals surface area contributed by atoms with Crippen LogP contribution in [0.2, 0.25) is 0 Å². The Morgan fingerprint density at radius 1 is 1.19 bits per heavy atom. The average Bonchev–Trinajstić information content (AvgIpc) is 3.43. The summed E-state index contributed by atoms with van der Waals surface area (Å²) in [6.07, 6.45) is 5.28. The highest BCUT2D eigenvalue weighted by Gasteiger charge is 2.14. The van der Waals surface area contributed by atoms with E-state index in [9.17, 15) is 4.39 Å². The lowest BCUT2D eigenvalue weighted by Crippen LogP contribution is -2.39. The first kappa shape index (κ1) is 23.4. The van der Waals surface area contributed by atoms with Crippen LogP contribution in [-0.4, -0.2) is 37.6 Å². The van der Waals surface area contributed by atoms with Gasteiger partial charge in [-0.1, -0.05) is 12.1 Å². The van der Waals surface area contributed by atoms with Gasteiger partial charge in [0.25, 0.3) is 0 Å². The fraction of sp³-hybridized carbons (Fsp3) is 0.375. The first-order valence-corrected chi connectivity index (χ1v) is 10.7. The highest BCUT2D eigenvalue weighted by atomic mass is 127. The lowest BCUT2D eigenvalue weighted by atomic mass is 10.1. The second kappa shape index (κ2) is 10.8. The van der Waals surface area contributed by atoms with Crippen LogP contribution in [0.1, 0.15) is 36.9 Å². The van der Waals surface area contributed by atoms with E-state index in [1.54, 1.807) is 19.2 Å². The van der Waals surface area contributed by atoms with Gasteiger partial charge in [0, 0.05) is 49.5 Å². The summed E-state index contributed by atoms with van der Waals surface area (Å²) in [5, 5.41) is 7.79. The summed E-state index contributed by atoms with van der Waals surface area (Å²) in [7, 11) is 1.78. The smallest absolute Gasteiger partial charge is 0.191 e. The van der Waals surface area contributed by atoms with Gasteiger partial charge in [-0.15, -0.1) is 24.0 Å². The lowest BCUT2D eigenvalue weighted by molar-refractivity contribution is 0.629. The van der Waals surface area contributed by atoms with E-state index < -0.39 is 0 Å². The number of aromatic nitrogens is 1. The number of H-pyrrole nitrogens is 1. The summed E-state index contributed by atoms with van der Waals surface area (Å²) >= 11 is 0. The molecule has 0 amide bonds. The summed E-state index contributed by atoms with van der Waals surface area (Å²) in [5.41, 5.74) is 4.60. The van der Waals surface area contributed by atoms with Gasteiger partial charge in [-0.25, -0.2) is 4.39 Å². The highest BCUT2D eigenvalue weighted by molar-refractivity contribution is 14.0. The Kier molecular flexibility index (Phi) is 8.17. The van der Waals surface area contributed by atoms with Gasteiger partial charge in [0.15, 0.2) is 5.96 Å². The van der Waals surface area contributed by atoms with Crippen molar-refractivity contribution in [3.05, 3.63) is 65.6 Å². The van der Waals surface area contributed by atoms with Gasteiger partial charge in [0.1, 0.15) is 5.82 Å². The molecule has 1 unspecified atom stereocenters. The molecule has 1 aliphatic rings. The minimum Gasteiger partial charge on any atom is -0.372 e. The van der Waals surface area contributed by atoms with Gasteiger partial charge in [-0.3, -0.25) is 4.99 Å². The fourth-order valence-electron chi connectivity index (χ4n) is 4.12. The Balaban J connectivity index is 0.00000272. The van der Waals surface area contributed by atoms with Crippen LogP contribution in [0, 0.1) is 5.82 Å². The molecule has 0 saturated carbocycles. The minimum atomic E-state index is -0.209. The number of hydrogen-bond acceptors (Lipinski definition) is 2. The maximum absolute atomic E-state index is 13.6. The molecule has 3 aromatic rings. The molecule has 5 nitrogen and oxygen atoms in total. The number of fused-ring (bicyclic) bond motifs is 1. The van der Waals surface area contributed by atoms with Crippen LogP contribution in [0.15, 0.2) is 53.7 Å². The van der Waals surface area contributed by atoms with E-state index >= 15 is 0 Å². The zero-order chi connectivity index (χ0) is 20.9. The van der Waals surface area contributed by atoms with Crippen molar-refractivity contribution in [2.45, 2.75) is 32.2 Å². The zero-order valence-corrected chi connectivity index (χ0v) is 20.4. The number of benzene rings is 2. The summed E-state index contributed by atoms with van der Waals surface area (Å²) in [5.74, 6) is 0.555. The average molecular weight is 535 g/mol. The van der Waals surface area contributed by atoms with Crippen molar-refractivity contribution in [3.63, 3.8) is 0 Å². The quantitative estimate of drug-likeness (QED) is 0.237. The molecule has 0 radical (unpaired) electrons. The number of hydrogen-bond donors (Lipinski definition) is 3. The minimum absolute atomic E-state index is 0. The number of guanidine groups is 1. The largest absolute Gasteiger partial charge is 0.372 e. The molecular weight excluding hydrogens is 504 g/mol. The Morgan fingerprint density at radius 2 is 2.00 bits per heavy atom. The number of nitrogens with zero attached hydrogens (tertiary/aromatic N) is 2. The SMILES string of the molecule is CN=C(NCCc1c[nH]c2ccc(F)cc12)NC(C)c1cccc(N2CCCC2)c1.I. The van der Waals surface area contributed by atoms with Gasteiger partial charge in [0.05, 0.1) is 6.04 Å². The highest BCUT2D eigenvalue weighted by Crippen LogP contribution is 2.24. The number of nitrogens with one attached hydrogen (secondary N) is 3. The molecule has 31 heavy (non-hydrogen) atoms. The van der Waals surface area contributed by atoms with E-state index in [2.05, 4.69) is 56.7 Å². The number of rotatable bonds is 6. The van der Waals surface area contributed by atoms with Crippen molar-refractivity contribution >= 4 is 46.5 Å². The third kappa shape index (κ3) is 5.70. The van der Waals surface area contributed by atoms with Gasteiger partial charge in [-0.05, 0) is 67.6 Å². The molecule has 4 rings (SSSR count). The number of halogens is 2. The normalized spacial score (nSPS) is 15.1. The van der Waals surface area contributed by atoms with E-state index in [-0.39, 0.29) is 35.8 Å². The van der Waals surface area contributed by atoms with Crippen LogP contribution in [0.5, 0.6) is 0 Å². The van der Waals surface area contributed by atoms with Crippen molar-refractivity contribution < 1.29 is 4.39 Å². The molecule has 7 heteroatoms. The lowest BCUT2D eigenvalue weighted by Gasteiger charge is -2.22. The van der Waals surface area contributed by atoms with E-state index in [0.717, 1.165) is 41.9 Å². The Hall–Kier alpha value is -2.29. The molecule has 1 saturated heterocycles. The molecule has 0 aliphatic carbocycles. The Labute approximate surface area is 200 Å². The van der Waals surface area contributed by atoms with Crippen LogP contribution in [0.3, 0.4) is 0 Å². The van der Waals surface area contributed by atoms with Gasteiger partial charge in [-0.2, -0.15) is 0 Å². The van der Waals surface area contributed by atoms with Crippen LogP contribution in [-0.2, 0) is 6.42 Å². The van der Waals surface area contributed by atoms with Crippen molar-refractivity contribution in [2.24, 2.45) is 4.99 Å². The maximum atomic E-state index is 13.6. The predicted molar refractivity (Wildman–Crippen MR) is 138 cm³/mol. The van der Waals surface area contributed by atoms with E-state index in [1.807, 2.05) is 6.20 Å². The molecule has 1 atom stereocenters. The van der Waals surface area contributed by atoms with Gasteiger partial charge >= 0.3 is 0 Å². The molecule has 3 N–H and O–H groups in total. The van der Waals surface area contributed by atoms with E-state index in [0.29, 0.717) is 6.54 Å². The number of aliphatic imine (C=N–C) groups is 1. The summed E-state index contributed by atoms with van der Waals surface area (Å²) in [6, 6.07) is 13.7. The number of aromatic amines is 1. The molecule has 166 valence electrons. The summed E-state index contributed by atoms with van der Waals surface area (Å²) in [6.45, 7) is 5.15. The number of anilines is 1. The standard InChI is InChI=1S/C24H30FN5.HI/c1-17(18-6-5-7-21(14-18)30-12-3-4-13-30)29-24(26-2)27-11-10-19-16-28-23-9-8-20(25)15-22(19)23;/h5-9,14-17,28H,3-4,10-13H2,1-2H3,(H2,26,27,29);1H. The van der Waals surface area contributed by atoms with Crippen molar-refractivity contribution in [1.29, 1.82) is 0 Å². The van der Waals surface area contributed by atoms with Crippen molar-refractivity contribution in [3.8, 4) is 0 Å². The van der Waals surface area contributed by atoms with Crippen molar-refractivity contribution in [2.75, 3.05) is 31.6 Å². The molecule has 1 aliphatic heterocycles. The zero-order valence-electron chi connectivity index (χ0n) is 18.1. The molecule has 0 spiro atoms. The van der Waals surface area contributed by atoms with E-state index in [4.69, 9.17) is 0 Å². The molecule has 1 aromatic heterocycles. The van der Waals surface area contributed by atoms with Gasteiger partial charge < -0.3 is 20.5 Å². The molecule has 2 heterocycles. The molecule has 2 aromatic carbocycles. The molecule has 0 bridgehead atoms. The van der Waals surface area contributed by atoms with Crippen LogP contribution in [0.25, 0.3) is 10.9 Å². The predicted octanol–water partition coefficient (Wildman–Crippen LogP) is 4.99. The third-order valence-electron chi connectivity index (χ3n) is 5.83. The fourth-order valence-corrected chi connectivity index (χ4v) is 4.12. The van der Waals surface area contributed by atoms with Gasteiger partial charge in [0.2, 0.25) is 0 Å².